The number of hydrogen-bond donors (Lipinski definition) is 0. The van der Waals surface area contributed by atoms with Crippen LogP contribution >= 0.6 is 23.2 Å². The Balaban J connectivity index is 1.96. The van der Waals surface area contributed by atoms with Gasteiger partial charge in [-0.05, 0) is 36.8 Å². The maximum absolute atomic E-state index is 11.9. The molecule has 0 aliphatic carbocycles. The quantitative estimate of drug-likeness (QED) is 0.593. The molecule has 110 valence electrons. The first-order valence-electron chi connectivity index (χ1n) is 6.57. The summed E-state index contributed by atoms with van der Waals surface area (Å²) in [4.78, 5) is 16.2. The number of rotatable bonds is 2. The average molecular weight is 332 g/mol. The zero-order valence-corrected chi connectivity index (χ0v) is 13.2. The van der Waals surface area contributed by atoms with Gasteiger partial charge in [-0.1, -0.05) is 53.0 Å². The number of cyclic esters (lactones) is 1. The van der Waals surface area contributed by atoms with Crippen LogP contribution in [-0.4, -0.2) is 11.9 Å². The third kappa shape index (κ3) is 3.06. The molecule has 3 nitrogen and oxygen atoms in total. The Bertz CT molecular complexity index is 825. The van der Waals surface area contributed by atoms with E-state index in [4.69, 9.17) is 27.9 Å². The zero-order chi connectivity index (χ0) is 15.7. The van der Waals surface area contributed by atoms with Gasteiger partial charge in [0.15, 0.2) is 5.70 Å². The van der Waals surface area contributed by atoms with Crippen LogP contribution in [0, 0.1) is 6.92 Å². The molecule has 1 heterocycles. The smallest absolute Gasteiger partial charge is 0.363 e. The Morgan fingerprint density at radius 1 is 1.09 bits per heavy atom. The second-order valence-electron chi connectivity index (χ2n) is 4.88. The van der Waals surface area contributed by atoms with Gasteiger partial charge in [-0.15, -0.1) is 0 Å². The van der Waals surface area contributed by atoms with Gasteiger partial charge in [-0.3, -0.25) is 0 Å². The molecule has 1 aliphatic heterocycles. The van der Waals surface area contributed by atoms with E-state index < -0.39 is 5.97 Å². The maximum Gasteiger partial charge on any atom is 0.363 e. The maximum atomic E-state index is 11.9. The van der Waals surface area contributed by atoms with Gasteiger partial charge in [-0.2, -0.15) is 0 Å². The van der Waals surface area contributed by atoms with Gasteiger partial charge in [0.25, 0.3) is 0 Å². The van der Waals surface area contributed by atoms with Crippen molar-refractivity contribution in [1.29, 1.82) is 0 Å². The summed E-state index contributed by atoms with van der Waals surface area (Å²) in [5.41, 5.74) is 2.86. The molecule has 0 radical (unpaired) electrons. The number of aryl methyl sites for hydroxylation is 1. The minimum atomic E-state index is -0.484. The molecule has 2 aromatic rings. The number of esters is 1. The number of carbonyl (C=O) groups excluding carboxylic acids is 1. The highest BCUT2D eigenvalue weighted by molar-refractivity contribution is 6.42. The molecule has 0 saturated carbocycles. The van der Waals surface area contributed by atoms with Gasteiger partial charge in [0, 0.05) is 5.56 Å². The standard InChI is InChI=1S/C17H11Cl2NO2/c1-10-3-2-4-11(7-10)8-15-17(21)22-16(20-15)12-5-6-13(18)14(19)9-12/h2-9H,1H3/b15-8-. The van der Waals surface area contributed by atoms with Crippen molar-refractivity contribution in [2.45, 2.75) is 6.92 Å². The SMILES string of the molecule is Cc1cccc(/C=C2\N=C(c3ccc(Cl)c(Cl)c3)OC2=O)c1. The minimum absolute atomic E-state index is 0.225. The van der Waals surface area contributed by atoms with Crippen LogP contribution in [0.4, 0.5) is 0 Å². The van der Waals surface area contributed by atoms with Crippen LogP contribution in [0.2, 0.25) is 10.0 Å². The third-order valence-electron chi connectivity index (χ3n) is 3.13. The van der Waals surface area contributed by atoms with Gasteiger partial charge in [0.05, 0.1) is 10.0 Å². The molecule has 3 rings (SSSR count). The number of nitrogens with zero attached hydrogens (tertiary/aromatic N) is 1. The van der Waals surface area contributed by atoms with Crippen LogP contribution in [0.15, 0.2) is 53.2 Å². The molecular formula is C17H11Cl2NO2. The van der Waals surface area contributed by atoms with Crippen LogP contribution < -0.4 is 0 Å². The Morgan fingerprint density at radius 3 is 2.64 bits per heavy atom. The van der Waals surface area contributed by atoms with E-state index in [0.717, 1.165) is 11.1 Å². The van der Waals surface area contributed by atoms with E-state index in [1.54, 1.807) is 24.3 Å². The number of carbonyl (C=O) groups is 1. The minimum Gasteiger partial charge on any atom is -0.402 e. The van der Waals surface area contributed by atoms with Crippen molar-refractivity contribution in [1.82, 2.24) is 0 Å². The van der Waals surface area contributed by atoms with Crippen molar-refractivity contribution in [2.24, 2.45) is 4.99 Å². The number of halogens is 2. The molecule has 5 heteroatoms. The molecular weight excluding hydrogens is 321 g/mol. The highest BCUT2D eigenvalue weighted by Gasteiger charge is 2.24. The second-order valence-corrected chi connectivity index (χ2v) is 5.69. The van der Waals surface area contributed by atoms with E-state index in [0.29, 0.717) is 15.6 Å². The monoisotopic (exact) mass is 331 g/mol. The van der Waals surface area contributed by atoms with Gasteiger partial charge in [0.2, 0.25) is 5.90 Å². The first-order valence-corrected chi connectivity index (χ1v) is 7.33. The molecule has 0 aromatic heterocycles. The summed E-state index contributed by atoms with van der Waals surface area (Å²) in [6.07, 6.45) is 1.69. The number of ether oxygens (including phenoxy) is 1. The Labute approximate surface area is 137 Å². The molecule has 22 heavy (non-hydrogen) atoms. The van der Waals surface area contributed by atoms with Crippen molar-refractivity contribution in [3.63, 3.8) is 0 Å². The first kappa shape index (κ1) is 14.8. The third-order valence-corrected chi connectivity index (χ3v) is 3.87. The summed E-state index contributed by atoms with van der Waals surface area (Å²) in [5.74, 6) is -0.259. The summed E-state index contributed by atoms with van der Waals surface area (Å²) in [6.45, 7) is 1.99. The van der Waals surface area contributed by atoms with Gasteiger partial charge in [0.1, 0.15) is 0 Å². The van der Waals surface area contributed by atoms with E-state index >= 15 is 0 Å². The molecule has 0 bridgehead atoms. The van der Waals surface area contributed by atoms with E-state index in [1.807, 2.05) is 31.2 Å². The van der Waals surface area contributed by atoms with E-state index in [1.165, 1.54) is 0 Å². The lowest BCUT2D eigenvalue weighted by Crippen LogP contribution is -2.05. The first-order chi connectivity index (χ1) is 10.5. The molecule has 0 amide bonds. The molecule has 0 spiro atoms. The van der Waals surface area contributed by atoms with E-state index in [-0.39, 0.29) is 11.6 Å². The van der Waals surface area contributed by atoms with E-state index in [9.17, 15) is 4.79 Å². The number of benzene rings is 2. The van der Waals surface area contributed by atoms with Gasteiger partial charge >= 0.3 is 5.97 Å². The Morgan fingerprint density at radius 2 is 1.91 bits per heavy atom. The van der Waals surface area contributed by atoms with Crippen molar-refractivity contribution in [3.05, 3.63) is 74.9 Å². The lowest BCUT2D eigenvalue weighted by Gasteiger charge is -2.01. The Hall–Kier alpha value is -2.10. The van der Waals surface area contributed by atoms with Gasteiger partial charge in [-0.25, -0.2) is 9.79 Å². The number of hydrogen-bond acceptors (Lipinski definition) is 3. The summed E-state index contributed by atoms with van der Waals surface area (Å²) in [6, 6.07) is 12.7. The predicted molar refractivity (Wildman–Crippen MR) is 88.2 cm³/mol. The van der Waals surface area contributed by atoms with Crippen molar-refractivity contribution in [3.8, 4) is 0 Å². The van der Waals surface area contributed by atoms with Crippen LogP contribution in [0.25, 0.3) is 6.08 Å². The molecule has 1 aliphatic rings. The topological polar surface area (TPSA) is 38.7 Å². The summed E-state index contributed by atoms with van der Waals surface area (Å²) < 4.78 is 5.20. The molecule has 0 saturated heterocycles. The highest BCUT2D eigenvalue weighted by atomic mass is 35.5. The molecule has 0 N–H and O–H groups in total. The predicted octanol–water partition coefficient (Wildman–Crippen LogP) is 4.65. The normalized spacial score (nSPS) is 15.9. The fourth-order valence-electron chi connectivity index (χ4n) is 2.08. The van der Waals surface area contributed by atoms with Crippen molar-refractivity contribution >= 4 is 41.1 Å². The molecule has 2 aromatic carbocycles. The van der Waals surface area contributed by atoms with Crippen molar-refractivity contribution in [2.75, 3.05) is 0 Å². The summed E-state index contributed by atoms with van der Waals surface area (Å²) in [5, 5.41) is 0.819. The highest BCUT2D eigenvalue weighted by Crippen LogP contribution is 2.25. The number of aliphatic imine (C=N–C) groups is 1. The van der Waals surface area contributed by atoms with Gasteiger partial charge < -0.3 is 4.74 Å². The summed E-state index contributed by atoms with van der Waals surface area (Å²) in [7, 11) is 0. The summed E-state index contributed by atoms with van der Waals surface area (Å²) >= 11 is 11.8. The van der Waals surface area contributed by atoms with Crippen LogP contribution in [0.3, 0.4) is 0 Å². The second kappa shape index (κ2) is 5.95. The van der Waals surface area contributed by atoms with Crippen LogP contribution in [-0.2, 0) is 9.53 Å². The van der Waals surface area contributed by atoms with E-state index in [2.05, 4.69) is 4.99 Å². The molecule has 0 unspecified atom stereocenters. The Kier molecular flexibility index (Phi) is 4.01. The van der Waals surface area contributed by atoms with Crippen LogP contribution in [0.1, 0.15) is 16.7 Å². The fourth-order valence-corrected chi connectivity index (χ4v) is 2.38. The zero-order valence-electron chi connectivity index (χ0n) is 11.6. The largest absolute Gasteiger partial charge is 0.402 e. The lowest BCUT2D eigenvalue weighted by atomic mass is 10.1. The lowest BCUT2D eigenvalue weighted by molar-refractivity contribution is -0.129. The average Bonchev–Trinajstić information content (AvgIpc) is 2.83. The molecule has 0 atom stereocenters. The van der Waals surface area contributed by atoms with Crippen molar-refractivity contribution < 1.29 is 9.53 Å². The fraction of sp³-hybridized carbons (Fsp3) is 0.0588. The van der Waals surface area contributed by atoms with Crippen LogP contribution in [0.5, 0.6) is 0 Å². The molecule has 0 fully saturated rings.